The normalized spacial score (nSPS) is 17.5. The van der Waals surface area contributed by atoms with Gasteiger partial charge in [-0.2, -0.15) is 0 Å². The minimum atomic E-state index is -0.308. The highest BCUT2D eigenvalue weighted by Crippen LogP contribution is 2.34. The van der Waals surface area contributed by atoms with Gasteiger partial charge in [0.15, 0.2) is 0 Å². The number of nitrogens with zero attached hydrogens (tertiary/aromatic N) is 2. The molecule has 7 heteroatoms. The van der Waals surface area contributed by atoms with Gasteiger partial charge in [0.25, 0.3) is 0 Å². The fourth-order valence-electron chi connectivity index (χ4n) is 2.95. The van der Waals surface area contributed by atoms with Gasteiger partial charge in [0.2, 0.25) is 5.91 Å². The molecule has 1 aliphatic rings. The first kappa shape index (κ1) is 18.9. The Balaban J connectivity index is 1.96. The SMILES string of the molecule is CCOC(=O)CN(CCOC)CC(=O)N1CCC[C@H]1c1cccs1. The van der Waals surface area contributed by atoms with E-state index in [2.05, 4.69) is 6.07 Å². The molecule has 2 heterocycles. The topological polar surface area (TPSA) is 59.1 Å². The van der Waals surface area contributed by atoms with Crippen LogP contribution < -0.4 is 0 Å². The number of hydrogen-bond donors (Lipinski definition) is 0. The highest BCUT2D eigenvalue weighted by molar-refractivity contribution is 7.10. The molecule has 0 N–H and O–H groups in total. The fourth-order valence-corrected chi connectivity index (χ4v) is 3.82. The summed E-state index contributed by atoms with van der Waals surface area (Å²) in [6.45, 7) is 4.22. The lowest BCUT2D eigenvalue weighted by Crippen LogP contribution is -2.43. The zero-order valence-corrected chi connectivity index (χ0v) is 15.2. The molecule has 1 aromatic rings. The first-order valence-electron chi connectivity index (χ1n) is 8.35. The average Bonchev–Trinajstić information content (AvgIpc) is 3.22. The average molecular weight is 354 g/mol. The lowest BCUT2D eigenvalue weighted by Gasteiger charge is -2.27. The van der Waals surface area contributed by atoms with Gasteiger partial charge < -0.3 is 14.4 Å². The van der Waals surface area contributed by atoms with Crippen molar-refractivity contribution in [3.63, 3.8) is 0 Å². The van der Waals surface area contributed by atoms with E-state index in [1.54, 1.807) is 30.3 Å². The second-order valence-corrected chi connectivity index (χ2v) is 6.75. The van der Waals surface area contributed by atoms with Gasteiger partial charge in [-0.1, -0.05) is 6.07 Å². The summed E-state index contributed by atoms with van der Waals surface area (Å²) in [6, 6.07) is 4.28. The zero-order chi connectivity index (χ0) is 17.4. The summed E-state index contributed by atoms with van der Waals surface area (Å²) in [5, 5.41) is 2.04. The Bertz CT molecular complexity index is 521. The molecule has 24 heavy (non-hydrogen) atoms. The van der Waals surface area contributed by atoms with Crippen LogP contribution in [0.25, 0.3) is 0 Å². The Labute approximate surface area is 147 Å². The van der Waals surface area contributed by atoms with Crippen LogP contribution in [0.4, 0.5) is 0 Å². The Morgan fingerprint density at radius 3 is 2.92 bits per heavy atom. The molecule has 0 saturated carbocycles. The molecule has 1 amide bonds. The molecule has 0 aromatic carbocycles. The molecule has 0 unspecified atom stereocenters. The summed E-state index contributed by atoms with van der Waals surface area (Å²) in [4.78, 5) is 29.5. The highest BCUT2D eigenvalue weighted by Gasteiger charge is 2.31. The van der Waals surface area contributed by atoms with Gasteiger partial charge in [0, 0.05) is 25.1 Å². The number of hydrogen-bond acceptors (Lipinski definition) is 6. The van der Waals surface area contributed by atoms with E-state index < -0.39 is 0 Å². The van der Waals surface area contributed by atoms with Crippen LogP contribution in [0.1, 0.15) is 30.7 Å². The Kier molecular flexibility index (Phi) is 7.68. The minimum absolute atomic E-state index is 0.0614. The molecule has 1 fully saturated rings. The summed E-state index contributed by atoms with van der Waals surface area (Å²) in [5.41, 5.74) is 0. The number of thiophene rings is 1. The molecule has 0 aliphatic carbocycles. The van der Waals surface area contributed by atoms with Gasteiger partial charge in [-0.15, -0.1) is 11.3 Å². The third-order valence-corrected chi connectivity index (χ3v) is 5.05. The summed E-state index contributed by atoms with van der Waals surface area (Å²) >= 11 is 1.69. The molecular weight excluding hydrogens is 328 g/mol. The van der Waals surface area contributed by atoms with Gasteiger partial charge in [0.1, 0.15) is 0 Å². The number of methoxy groups -OCH3 is 1. The van der Waals surface area contributed by atoms with Crippen molar-refractivity contribution in [2.75, 3.05) is 46.5 Å². The van der Waals surface area contributed by atoms with E-state index in [0.29, 0.717) is 19.8 Å². The van der Waals surface area contributed by atoms with Crippen molar-refractivity contribution in [1.82, 2.24) is 9.80 Å². The standard InChI is InChI=1S/C17H26N2O4S/c1-3-23-17(21)13-18(9-10-22-2)12-16(20)19-8-4-6-14(19)15-7-5-11-24-15/h5,7,11,14H,3-4,6,8-10,12-13H2,1-2H3/t14-/m0/s1. The third kappa shape index (κ3) is 5.29. The summed E-state index contributed by atoms with van der Waals surface area (Å²) < 4.78 is 10.1. The smallest absolute Gasteiger partial charge is 0.320 e. The molecule has 2 rings (SSSR count). The Morgan fingerprint density at radius 2 is 2.25 bits per heavy atom. The number of carbonyl (C=O) groups excluding carboxylic acids is 2. The van der Waals surface area contributed by atoms with Gasteiger partial charge in [0.05, 0.1) is 32.3 Å². The van der Waals surface area contributed by atoms with Crippen LogP contribution in [0.15, 0.2) is 17.5 Å². The Morgan fingerprint density at radius 1 is 1.42 bits per heavy atom. The maximum Gasteiger partial charge on any atom is 0.320 e. The van der Waals surface area contributed by atoms with Crippen LogP contribution in [0, 0.1) is 0 Å². The second kappa shape index (κ2) is 9.76. The molecule has 0 bridgehead atoms. The van der Waals surface area contributed by atoms with E-state index in [1.165, 1.54) is 4.88 Å². The van der Waals surface area contributed by atoms with Gasteiger partial charge >= 0.3 is 5.97 Å². The minimum Gasteiger partial charge on any atom is -0.465 e. The van der Waals surface area contributed by atoms with E-state index >= 15 is 0 Å². The highest BCUT2D eigenvalue weighted by atomic mass is 32.1. The van der Waals surface area contributed by atoms with E-state index in [-0.39, 0.29) is 31.0 Å². The van der Waals surface area contributed by atoms with Crippen molar-refractivity contribution in [3.05, 3.63) is 22.4 Å². The first-order chi connectivity index (χ1) is 11.7. The number of esters is 1. The predicted molar refractivity (Wildman–Crippen MR) is 93.0 cm³/mol. The van der Waals surface area contributed by atoms with Crippen molar-refractivity contribution < 1.29 is 19.1 Å². The summed E-state index contributed by atoms with van der Waals surface area (Å²) in [5.74, 6) is -0.246. The van der Waals surface area contributed by atoms with E-state index in [4.69, 9.17) is 9.47 Å². The molecule has 134 valence electrons. The zero-order valence-electron chi connectivity index (χ0n) is 14.4. The quantitative estimate of drug-likeness (QED) is 0.634. The number of amides is 1. The molecule has 1 aliphatic heterocycles. The Hall–Kier alpha value is -1.44. The maximum atomic E-state index is 12.8. The summed E-state index contributed by atoms with van der Waals surface area (Å²) in [7, 11) is 1.61. The lowest BCUT2D eigenvalue weighted by atomic mass is 10.2. The largest absolute Gasteiger partial charge is 0.465 e. The molecule has 1 aromatic heterocycles. The molecule has 0 radical (unpaired) electrons. The van der Waals surface area contributed by atoms with E-state index in [0.717, 1.165) is 19.4 Å². The molecule has 6 nitrogen and oxygen atoms in total. The predicted octanol–water partition coefficient (Wildman–Crippen LogP) is 1.92. The molecular formula is C17H26N2O4S. The number of rotatable bonds is 9. The molecule has 1 atom stereocenters. The number of likely N-dealkylation sites (tertiary alicyclic amines) is 1. The summed E-state index contributed by atoms with van der Waals surface area (Å²) in [6.07, 6.45) is 2.02. The third-order valence-electron chi connectivity index (χ3n) is 4.07. The van der Waals surface area contributed by atoms with Crippen LogP contribution in [-0.4, -0.2) is 68.2 Å². The van der Waals surface area contributed by atoms with E-state index in [1.807, 2.05) is 16.3 Å². The number of carbonyl (C=O) groups is 2. The van der Waals surface area contributed by atoms with Crippen LogP contribution in [-0.2, 0) is 19.1 Å². The number of ether oxygens (including phenoxy) is 2. The van der Waals surface area contributed by atoms with Crippen molar-refractivity contribution in [1.29, 1.82) is 0 Å². The van der Waals surface area contributed by atoms with Gasteiger partial charge in [-0.3, -0.25) is 14.5 Å². The van der Waals surface area contributed by atoms with Crippen LogP contribution >= 0.6 is 11.3 Å². The van der Waals surface area contributed by atoms with Crippen molar-refractivity contribution in [2.24, 2.45) is 0 Å². The van der Waals surface area contributed by atoms with Crippen molar-refractivity contribution in [2.45, 2.75) is 25.8 Å². The molecule has 1 saturated heterocycles. The van der Waals surface area contributed by atoms with Gasteiger partial charge in [-0.05, 0) is 31.2 Å². The van der Waals surface area contributed by atoms with Crippen LogP contribution in [0.5, 0.6) is 0 Å². The van der Waals surface area contributed by atoms with Crippen LogP contribution in [0.2, 0.25) is 0 Å². The maximum absolute atomic E-state index is 12.8. The fraction of sp³-hybridized carbons (Fsp3) is 0.647. The first-order valence-corrected chi connectivity index (χ1v) is 9.23. The van der Waals surface area contributed by atoms with Crippen molar-refractivity contribution in [3.8, 4) is 0 Å². The van der Waals surface area contributed by atoms with E-state index in [9.17, 15) is 9.59 Å². The lowest BCUT2D eigenvalue weighted by molar-refractivity contribution is -0.145. The molecule has 0 spiro atoms. The van der Waals surface area contributed by atoms with Crippen molar-refractivity contribution >= 4 is 23.2 Å². The van der Waals surface area contributed by atoms with Gasteiger partial charge in [-0.25, -0.2) is 0 Å². The second-order valence-electron chi connectivity index (χ2n) is 5.77. The van der Waals surface area contributed by atoms with Crippen LogP contribution in [0.3, 0.4) is 0 Å². The monoisotopic (exact) mass is 354 g/mol.